The van der Waals surface area contributed by atoms with Gasteiger partial charge in [-0.05, 0) is 59.3 Å². The summed E-state index contributed by atoms with van der Waals surface area (Å²) in [6.45, 7) is 0.0762. The van der Waals surface area contributed by atoms with Crippen molar-refractivity contribution in [3.05, 3.63) is 90.0 Å². The van der Waals surface area contributed by atoms with E-state index >= 15 is 0 Å². The molecule has 3 rings (SSSR count). The van der Waals surface area contributed by atoms with E-state index in [2.05, 4.69) is 0 Å². The van der Waals surface area contributed by atoms with Crippen molar-refractivity contribution < 1.29 is 27.4 Å². The molecule has 0 saturated carbocycles. The van der Waals surface area contributed by atoms with Crippen LogP contribution >= 0.6 is 11.8 Å². The Hall–Kier alpha value is -2.93. The first-order valence-electron chi connectivity index (χ1n) is 8.69. The molecule has 29 heavy (non-hydrogen) atoms. The summed E-state index contributed by atoms with van der Waals surface area (Å²) in [5, 5.41) is 0. The van der Waals surface area contributed by atoms with Crippen LogP contribution in [0, 0.1) is 0 Å². The number of carbonyl (C=O) groups is 1. The summed E-state index contributed by atoms with van der Waals surface area (Å²) in [5.74, 6) is 0.867. The van der Waals surface area contributed by atoms with Gasteiger partial charge in [0, 0.05) is 4.90 Å². The topological polar surface area (TPSA) is 35.5 Å². The quantitative estimate of drug-likeness (QED) is 0.330. The highest BCUT2D eigenvalue weighted by atomic mass is 32.2. The van der Waals surface area contributed by atoms with Gasteiger partial charge in [-0.25, -0.2) is 0 Å². The molecule has 0 aliphatic rings. The van der Waals surface area contributed by atoms with Crippen molar-refractivity contribution >= 4 is 17.7 Å². The molecule has 3 aromatic carbocycles. The molecule has 0 amide bonds. The van der Waals surface area contributed by atoms with E-state index in [0.29, 0.717) is 17.1 Å². The number of halogens is 3. The summed E-state index contributed by atoms with van der Waals surface area (Å²) < 4.78 is 48.0. The molecule has 7 heteroatoms. The summed E-state index contributed by atoms with van der Waals surface area (Å²) in [4.78, 5) is 12.1. The number of esters is 1. The normalized spacial score (nSPS) is 11.1. The number of benzene rings is 3. The van der Waals surface area contributed by atoms with Crippen LogP contribution in [-0.4, -0.2) is 11.5 Å². The number of hydrogen-bond acceptors (Lipinski definition) is 4. The van der Waals surface area contributed by atoms with Crippen molar-refractivity contribution in [2.24, 2.45) is 0 Å². The zero-order valence-electron chi connectivity index (χ0n) is 15.2. The average Bonchev–Trinajstić information content (AvgIpc) is 2.68. The maximum atomic E-state index is 12.3. The first-order chi connectivity index (χ1) is 13.9. The number of rotatable bonds is 7. The maximum Gasteiger partial charge on any atom is 0.446 e. The number of hydrogen-bond donors (Lipinski definition) is 0. The average molecular weight is 418 g/mol. The molecular weight excluding hydrogens is 401 g/mol. The zero-order chi connectivity index (χ0) is 20.7. The molecule has 0 unspecified atom stereocenters. The lowest BCUT2D eigenvalue weighted by Crippen LogP contribution is -2.08. The van der Waals surface area contributed by atoms with Crippen LogP contribution in [0.2, 0.25) is 0 Å². The fourth-order valence-electron chi connectivity index (χ4n) is 2.51. The summed E-state index contributed by atoms with van der Waals surface area (Å²) >= 11 is -0.190. The van der Waals surface area contributed by atoms with Crippen LogP contribution in [-0.2, 0) is 22.6 Å². The van der Waals surface area contributed by atoms with Crippen LogP contribution in [0.25, 0.3) is 0 Å². The van der Waals surface area contributed by atoms with Gasteiger partial charge in [0.25, 0.3) is 0 Å². The van der Waals surface area contributed by atoms with Gasteiger partial charge in [0.2, 0.25) is 0 Å². The predicted molar refractivity (Wildman–Crippen MR) is 105 cm³/mol. The lowest BCUT2D eigenvalue weighted by Gasteiger charge is -2.09. The van der Waals surface area contributed by atoms with Crippen molar-refractivity contribution in [2.45, 2.75) is 23.4 Å². The molecule has 0 saturated heterocycles. The van der Waals surface area contributed by atoms with Gasteiger partial charge in [-0.3, -0.25) is 4.79 Å². The second-order valence-corrected chi connectivity index (χ2v) is 7.23. The van der Waals surface area contributed by atoms with Gasteiger partial charge in [-0.15, -0.1) is 0 Å². The van der Waals surface area contributed by atoms with E-state index in [1.54, 1.807) is 18.2 Å². The Morgan fingerprint density at radius 2 is 1.52 bits per heavy atom. The van der Waals surface area contributed by atoms with Crippen LogP contribution in [0.4, 0.5) is 13.2 Å². The summed E-state index contributed by atoms with van der Waals surface area (Å²) in [6.07, 6.45) is -0.0167. The molecule has 3 aromatic rings. The van der Waals surface area contributed by atoms with Crippen molar-refractivity contribution in [1.29, 1.82) is 0 Å². The van der Waals surface area contributed by atoms with Gasteiger partial charge in [0.05, 0.1) is 6.42 Å². The number of alkyl halides is 3. The fourth-order valence-corrected chi connectivity index (χ4v) is 3.05. The Labute approximate surface area is 170 Å². The first kappa shape index (κ1) is 20.8. The molecule has 0 radical (unpaired) electrons. The van der Waals surface area contributed by atoms with E-state index in [9.17, 15) is 18.0 Å². The van der Waals surface area contributed by atoms with Crippen molar-refractivity contribution in [1.82, 2.24) is 0 Å². The Morgan fingerprint density at radius 3 is 2.21 bits per heavy atom. The van der Waals surface area contributed by atoms with Gasteiger partial charge in [0.1, 0.15) is 18.1 Å². The highest BCUT2D eigenvalue weighted by molar-refractivity contribution is 8.00. The second kappa shape index (κ2) is 9.52. The third kappa shape index (κ3) is 7.19. The Kier molecular flexibility index (Phi) is 6.82. The Bertz CT molecular complexity index is 942. The zero-order valence-corrected chi connectivity index (χ0v) is 16.0. The predicted octanol–water partition coefficient (Wildman–Crippen LogP) is 6.38. The minimum Gasteiger partial charge on any atom is -0.461 e. The van der Waals surface area contributed by atoms with Crippen molar-refractivity contribution in [3.63, 3.8) is 0 Å². The van der Waals surface area contributed by atoms with Gasteiger partial charge < -0.3 is 9.47 Å². The number of thioether (sulfide) groups is 1. The molecule has 0 fully saturated rings. The first-order valence-corrected chi connectivity index (χ1v) is 9.51. The molecule has 0 aromatic heterocycles. The smallest absolute Gasteiger partial charge is 0.446 e. The lowest BCUT2D eigenvalue weighted by atomic mass is 10.1. The molecule has 3 nitrogen and oxygen atoms in total. The van der Waals surface area contributed by atoms with E-state index in [1.807, 2.05) is 36.4 Å². The van der Waals surface area contributed by atoms with E-state index < -0.39 is 11.5 Å². The molecule has 0 aliphatic heterocycles. The monoisotopic (exact) mass is 418 g/mol. The van der Waals surface area contributed by atoms with E-state index in [0.717, 1.165) is 5.56 Å². The summed E-state index contributed by atoms with van der Waals surface area (Å²) in [6, 6.07) is 22.2. The Morgan fingerprint density at radius 1 is 0.828 bits per heavy atom. The van der Waals surface area contributed by atoms with Gasteiger partial charge in [-0.1, -0.05) is 42.5 Å². The second-order valence-electron chi connectivity index (χ2n) is 6.09. The molecule has 0 N–H and O–H groups in total. The third-order valence-electron chi connectivity index (χ3n) is 3.78. The standard InChI is InChI=1S/C22H17F3O3S/c23-22(24,25)29-20-11-9-16(10-12-20)14-21(26)27-15-17-5-4-8-19(13-17)28-18-6-2-1-3-7-18/h1-13H,14-15H2. The number of para-hydroxylation sites is 1. The van der Waals surface area contributed by atoms with E-state index in [4.69, 9.17) is 9.47 Å². The highest BCUT2D eigenvalue weighted by Gasteiger charge is 2.29. The third-order valence-corrected chi connectivity index (χ3v) is 4.52. The molecule has 0 atom stereocenters. The lowest BCUT2D eigenvalue weighted by molar-refractivity contribution is -0.144. The van der Waals surface area contributed by atoms with Crippen LogP contribution in [0.3, 0.4) is 0 Å². The summed E-state index contributed by atoms with van der Waals surface area (Å²) in [5.41, 5.74) is -2.98. The summed E-state index contributed by atoms with van der Waals surface area (Å²) in [7, 11) is 0. The van der Waals surface area contributed by atoms with Gasteiger partial charge in [0.15, 0.2) is 0 Å². The van der Waals surface area contributed by atoms with Crippen LogP contribution < -0.4 is 4.74 Å². The van der Waals surface area contributed by atoms with Crippen LogP contribution in [0.15, 0.2) is 83.8 Å². The molecule has 0 aliphatic carbocycles. The van der Waals surface area contributed by atoms with Gasteiger partial charge >= 0.3 is 11.5 Å². The SMILES string of the molecule is O=C(Cc1ccc(SC(F)(F)F)cc1)OCc1cccc(Oc2ccccc2)c1. The van der Waals surface area contributed by atoms with Crippen LogP contribution in [0.5, 0.6) is 11.5 Å². The minimum absolute atomic E-state index is 0.0167. The number of ether oxygens (including phenoxy) is 2. The van der Waals surface area contributed by atoms with Gasteiger partial charge in [-0.2, -0.15) is 13.2 Å². The Balaban J connectivity index is 1.51. The molecule has 0 heterocycles. The minimum atomic E-state index is -4.33. The molecule has 0 bridgehead atoms. The van der Waals surface area contributed by atoms with Crippen molar-refractivity contribution in [3.8, 4) is 11.5 Å². The largest absolute Gasteiger partial charge is 0.461 e. The highest BCUT2D eigenvalue weighted by Crippen LogP contribution is 2.36. The maximum absolute atomic E-state index is 12.3. The fraction of sp³-hybridized carbons (Fsp3) is 0.136. The van der Waals surface area contributed by atoms with E-state index in [-0.39, 0.29) is 29.7 Å². The van der Waals surface area contributed by atoms with E-state index in [1.165, 1.54) is 24.3 Å². The van der Waals surface area contributed by atoms with Crippen molar-refractivity contribution in [2.75, 3.05) is 0 Å². The molecule has 0 spiro atoms. The van der Waals surface area contributed by atoms with Crippen LogP contribution in [0.1, 0.15) is 11.1 Å². The molecule has 150 valence electrons. The number of carbonyl (C=O) groups excluding carboxylic acids is 1. The molecular formula is C22H17F3O3S.